The maximum absolute atomic E-state index is 12.0. The van der Waals surface area contributed by atoms with Crippen molar-refractivity contribution < 1.29 is 0 Å². The summed E-state index contributed by atoms with van der Waals surface area (Å²) in [7, 11) is 1.56. The first-order chi connectivity index (χ1) is 8.15. The Morgan fingerprint density at radius 3 is 2.47 bits per heavy atom. The quantitative estimate of drug-likeness (QED) is 0.564. The Morgan fingerprint density at radius 2 is 1.88 bits per heavy atom. The number of nitrogens with zero attached hydrogens (tertiary/aromatic N) is 3. The van der Waals surface area contributed by atoms with Crippen molar-refractivity contribution in [3.8, 4) is 5.69 Å². The lowest BCUT2D eigenvalue weighted by molar-refractivity contribution is 0.867. The van der Waals surface area contributed by atoms with Crippen molar-refractivity contribution in [3.63, 3.8) is 0 Å². The molecule has 0 spiro atoms. The lowest BCUT2D eigenvalue weighted by atomic mass is 10.3. The van der Waals surface area contributed by atoms with Crippen LogP contribution in [0.25, 0.3) is 5.69 Å². The van der Waals surface area contributed by atoms with Crippen molar-refractivity contribution >= 4 is 5.84 Å². The van der Waals surface area contributed by atoms with Gasteiger partial charge in [0.15, 0.2) is 0 Å². The summed E-state index contributed by atoms with van der Waals surface area (Å²) in [5, 5.41) is 2.44. The molecule has 0 saturated heterocycles. The van der Waals surface area contributed by atoms with E-state index in [2.05, 4.69) is 10.1 Å². The van der Waals surface area contributed by atoms with Crippen molar-refractivity contribution in [2.75, 3.05) is 7.05 Å². The summed E-state index contributed by atoms with van der Waals surface area (Å²) in [6, 6.07) is 8.73. The van der Waals surface area contributed by atoms with Crippen molar-refractivity contribution in [2.45, 2.75) is 6.92 Å². The average Bonchev–Trinajstić information content (AvgIpc) is 2.65. The third-order valence-electron chi connectivity index (χ3n) is 2.45. The summed E-state index contributed by atoms with van der Waals surface area (Å²) in [4.78, 5) is 27.6. The van der Waals surface area contributed by atoms with Crippen LogP contribution in [0.1, 0.15) is 6.92 Å². The highest BCUT2D eigenvalue weighted by atomic mass is 16.2. The number of H-pyrrole nitrogens is 1. The molecule has 0 bridgehead atoms. The summed E-state index contributed by atoms with van der Waals surface area (Å²) in [6.45, 7) is 1.65. The summed E-state index contributed by atoms with van der Waals surface area (Å²) >= 11 is 0. The lowest BCUT2D eigenvalue weighted by Crippen LogP contribution is -2.29. The molecule has 6 nitrogen and oxygen atoms in total. The predicted octanol–water partition coefficient (Wildman–Crippen LogP) is 0.224. The van der Waals surface area contributed by atoms with Crippen LogP contribution in [0.5, 0.6) is 0 Å². The van der Waals surface area contributed by atoms with Gasteiger partial charge >= 0.3 is 11.4 Å². The van der Waals surface area contributed by atoms with Gasteiger partial charge in [-0.3, -0.25) is 4.99 Å². The second-order valence-electron chi connectivity index (χ2n) is 3.48. The smallest absolute Gasteiger partial charge is 0.274 e. The van der Waals surface area contributed by atoms with E-state index in [0.29, 0.717) is 11.5 Å². The normalized spacial score (nSPS) is 11.8. The van der Waals surface area contributed by atoms with Gasteiger partial charge in [-0.15, -0.1) is 0 Å². The van der Waals surface area contributed by atoms with Gasteiger partial charge in [0.1, 0.15) is 5.84 Å². The first-order valence-corrected chi connectivity index (χ1v) is 5.08. The number of hydrogen-bond acceptors (Lipinski definition) is 3. The minimum absolute atomic E-state index is 0.432. The Hall–Kier alpha value is -2.37. The fourth-order valence-corrected chi connectivity index (χ4v) is 1.50. The van der Waals surface area contributed by atoms with E-state index in [-0.39, 0.29) is 0 Å². The maximum atomic E-state index is 12.0. The summed E-state index contributed by atoms with van der Waals surface area (Å²) in [6.07, 6.45) is 0. The molecule has 0 fully saturated rings. The standard InChI is InChI=1S/C11H12N4O2/c1-8(12-2)15-11(17)14(10(16)13-15)9-6-4-3-5-7-9/h3-7H,1-2H3,(H,13,16). The van der Waals surface area contributed by atoms with Crippen LogP contribution in [0.2, 0.25) is 0 Å². The molecule has 1 N–H and O–H groups in total. The van der Waals surface area contributed by atoms with Crippen LogP contribution in [0, 0.1) is 0 Å². The van der Waals surface area contributed by atoms with Crippen molar-refractivity contribution in [3.05, 3.63) is 51.3 Å². The second-order valence-corrected chi connectivity index (χ2v) is 3.48. The molecular formula is C11H12N4O2. The highest BCUT2D eigenvalue weighted by Gasteiger charge is 2.11. The number of aromatic nitrogens is 3. The molecule has 6 heteroatoms. The van der Waals surface area contributed by atoms with Crippen molar-refractivity contribution in [1.82, 2.24) is 14.3 Å². The van der Waals surface area contributed by atoms with E-state index in [9.17, 15) is 9.59 Å². The third-order valence-corrected chi connectivity index (χ3v) is 2.45. The van der Waals surface area contributed by atoms with Crippen LogP contribution in [0.4, 0.5) is 0 Å². The SMILES string of the molecule is CN=C(C)n1[nH]c(=O)n(-c2ccccc2)c1=O. The van der Waals surface area contributed by atoms with E-state index in [1.807, 2.05) is 6.07 Å². The Balaban J connectivity index is 2.70. The van der Waals surface area contributed by atoms with Crippen LogP contribution in [-0.2, 0) is 0 Å². The van der Waals surface area contributed by atoms with E-state index in [1.54, 1.807) is 38.2 Å². The monoisotopic (exact) mass is 232 g/mol. The van der Waals surface area contributed by atoms with Crippen LogP contribution in [-0.4, -0.2) is 27.2 Å². The molecule has 0 amide bonds. The van der Waals surface area contributed by atoms with E-state index < -0.39 is 11.4 Å². The highest BCUT2D eigenvalue weighted by molar-refractivity contribution is 5.80. The van der Waals surface area contributed by atoms with Crippen LogP contribution < -0.4 is 11.4 Å². The zero-order valence-electron chi connectivity index (χ0n) is 9.54. The number of aliphatic imine (C=N–C) groups is 1. The summed E-state index contributed by atoms with van der Waals surface area (Å²) in [5.41, 5.74) is -0.407. The molecule has 0 radical (unpaired) electrons. The van der Waals surface area contributed by atoms with Crippen LogP contribution in [0.3, 0.4) is 0 Å². The molecular weight excluding hydrogens is 220 g/mol. The van der Waals surface area contributed by atoms with Gasteiger partial charge < -0.3 is 0 Å². The second kappa shape index (κ2) is 4.25. The predicted molar refractivity (Wildman–Crippen MR) is 65.1 cm³/mol. The molecule has 2 aromatic rings. The Morgan fingerprint density at radius 1 is 1.24 bits per heavy atom. The molecule has 1 heterocycles. The van der Waals surface area contributed by atoms with Gasteiger partial charge in [0.2, 0.25) is 0 Å². The molecule has 1 aromatic heterocycles. The zero-order chi connectivity index (χ0) is 12.4. The number of rotatable bonds is 1. The van der Waals surface area contributed by atoms with Crippen molar-refractivity contribution in [2.24, 2.45) is 4.99 Å². The van der Waals surface area contributed by atoms with Gasteiger partial charge in [-0.2, -0.15) is 4.68 Å². The summed E-state index contributed by atoms with van der Waals surface area (Å²) in [5.74, 6) is 0.432. The van der Waals surface area contributed by atoms with E-state index in [4.69, 9.17) is 0 Å². The number of benzene rings is 1. The van der Waals surface area contributed by atoms with E-state index in [0.717, 1.165) is 9.25 Å². The molecule has 88 valence electrons. The Bertz CT molecular complexity index is 661. The van der Waals surface area contributed by atoms with Crippen LogP contribution >= 0.6 is 0 Å². The van der Waals surface area contributed by atoms with Gasteiger partial charge in [-0.05, 0) is 19.1 Å². The number of para-hydroxylation sites is 1. The van der Waals surface area contributed by atoms with E-state index >= 15 is 0 Å². The number of hydrogen-bond donors (Lipinski definition) is 1. The number of aromatic amines is 1. The number of nitrogens with one attached hydrogen (secondary N) is 1. The van der Waals surface area contributed by atoms with Gasteiger partial charge in [0.25, 0.3) is 0 Å². The van der Waals surface area contributed by atoms with Gasteiger partial charge in [0.05, 0.1) is 5.69 Å². The third kappa shape index (κ3) is 1.84. The average molecular weight is 232 g/mol. The fraction of sp³-hybridized carbons (Fsp3) is 0.182. The zero-order valence-corrected chi connectivity index (χ0v) is 9.54. The van der Waals surface area contributed by atoms with Crippen LogP contribution in [0.15, 0.2) is 44.9 Å². The largest absolute Gasteiger partial charge is 0.357 e. The summed E-state index contributed by atoms with van der Waals surface area (Å²) < 4.78 is 2.18. The molecule has 0 unspecified atom stereocenters. The van der Waals surface area contributed by atoms with Gasteiger partial charge in [0, 0.05) is 7.05 Å². The molecule has 0 aliphatic rings. The molecule has 1 aromatic carbocycles. The lowest BCUT2D eigenvalue weighted by Gasteiger charge is -1.98. The van der Waals surface area contributed by atoms with Gasteiger partial charge in [-0.25, -0.2) is 19.3 Å². The molecule has 17 heavy (non-hydrogen) atoms. The molecule has 0 atom stereocenters. The first kappa shape index (κ1) is 11.1. The molecule has 0 aliphatic carbocycles. The maximum Gasteiger partial charge on any atom is 0.357 e. The Kier molecular flexibility index (Phi) is 2.78. The van der Waals surface area contributed by atoms with Crippen molar-refractivity contribution in [1.29, 1.82) is 0 Å². The minimum atomic E-state index is -0.482. The molecule has 0 saturated carbocycles. The van der Waals surface area contributed by atoms with Gasteiger partial charge in [-0.1, -0.05) is 18.2 Å². The highest BCUT2D eigenvalue weighted by Crippen LogP contribution is 1.99. The topological polar surface area (TPSA) is 72.2 Å². The fourth-order valence-electron chi connectivity index (χ4n) is 1.50. The molecule has 2 rings (SSSR count). The van der Waals surface area contributed by atoms with E-state index in [1.165, 1.54) is 0 Å². The molecule has 0 aliphatic heterocycles. The Labute approximate surface area is 96.8 Å². The first-order valence-electron chi connectivity index (χ1n) is 5.08. The minimum Gasteiger partial charge on any atom is -0.274 e.